The number of rotatable bonds is 4. The third kappa shape index (κ3) is 2.65. The maximum absolute atomic E-state index is 5.41. The van der Waals surface area contributed by atoms with Crippen LogP contribution in [0, 0.1) is 13.8 Å². The van der Waals surface area contributed by atoms with Crippen LogP contribution in [-0.2, 0) is 0 Å². The van der Waals surface area contributed by atoms with Crippen molar-refractivity contribution in [1.29, 1.82) is 0 Å². The van der Waals surface area contributed by atoms with Gasteiger partial charge in [-0.05, 0) is 31.5 Å². The van der Waals surface area contributed by atoms with Gasteiger partial charge in [0.1, 0.15) is 11.6 Å². The van der Waals surface area contributed by atoms with Crippen LogP contribution in [0.15, 0.2) is 24.3 Å². The molecule has 1 aliphatic heterocycles. The van der Waals surface area contributed by atoms with Crippen molar-refractivity contribution in [3.05, 3.63) is 41.3 Å². The van der Waals surface area contributed by atoms with Gasteiger partial charge in [-0.25, -0.2) is 4.98 Å². The molecule has 1 aromatic carbocycles. The Kier molecular flexibility index (Phi) is 3.71. The van der Waals surface area contributed by atoms with Crippen molar-refractivity contribution in [1.82, 2.24) is 19.6 Å². The van der Waals surface area contributed by atoms with Crippen LogP contribution in [0.5, 0.6) is 11.5 Å². The molecule has 25 heavy (non-hydrogen) atoms. The zero-order chi connectivity index (χ0) is 17.6. The van der Waals surface area contributed by atoms with Gasteiger partial charge in [-0.15, -0.1) is 5.10 Å². The molecule has 0 amide bonds. The zero-order valence-corrected chi connectivity index (χ0v) is 14.9. The van der Waals surface area contributed by atoms with E-state index >= 15 is 0 Å². The van der Waals surface area contributed by atoms with Crippen LogP contribution in [-0.4, -0.2) is 46.9 Å². The number of nitrogens with zero attached hydrogens (tertiary/aromatic N) is 5. The predicted octanol–water partition coefficient (Wildman–Crippen LogP) is 2.36. The van der Waals surface area contributed by atoms with Crippen LogP contribution in [0.1, 0.15) is 23.0 Å². The molecule has 1 saturated heterocycles. The second kappa shape index (κ2) is 5.91. The standard InChI is InChI=1S/C18H21N5O2/c1-11-7-17(23-18(19-11)20-12(2)21-23)22-9-14(10-22)13-5-6-15(24-3)16(8-13)25-4/h5-8,14H,9-10H2,1-4H3. The van der Waals surface area contributed by atoms with Crippen molar-refractivity contribution in [2.45, 2.75) is 19.8 Å². The fourth-order valence-electron chi connectivity index (χ4n) is 3.28. The van der Waals surface area contributed by atoms with E-state index in [1.54, 1.807) is 14.2 Å². The topological polar surface area (TPSA) is 64.8 Å². The lowest BCUT2D eigenvalue weighted by Crippen LogP contribution is -2.46. The van der Waals surface area contributed by atoms with Gasteiger partial charge in [0.25, 0.3) is 5.78 Å². The lowest BCUT2D eigenvalue weighted by Gasteiger charge is -2.41. The van der Waals surface area contributed by atoms with Gasteiger partial charge in [0.15, 0.2) is 11.5 Å². The summed E-state index contributed by atoms with van der Waals surface area (Å²) in [5, 5.41) is 4.47. The minimum Gasteiger partial charge on any atom is -0.493 e. The number of aryl methyl sites for hydroxylation is 2. The summed E-state index contributed by atoms with van der Waals surface area (Å²) in [5.74, 6) is 4.41. The normalized spacial score (nSPS) is 14.6. The van der Waals surface area contributed by atoms with Gasteiger partial charge in [0, 0.05) is 30.8 Å². The van der Waals surface area contributed by atoms with E-state index in [2.05, 4.69) is 38.2 Å². The molecule has 1 fully saturated rings. The van der Waals surface area contributed by atoms with E-state index in [9.17, 15) is 0 Å². The van der Waals surface area contributed by atoms with Crippen molar-refractivity contribution in [3.63, 3.8) is 0 Å². The highest BCUT2D eigenvalue weighted by Crippen LogP contribution is 2.36. The second-order valence-electron chi connectivity index (χ2n) is 6.34. The predicted molar refractivity (Wildman–Crippen MR) is 94.8 cm³/mol. The lowest BCUT2D eigenvalue weighted by atomic mass is 9.91. The minimum absolute atomic E-state index is 0.452. The number of aromatic nitrogens is 4. The molecule has 0 bridgehead atoms. The monoisotopic (exact) mass is 339 g/mol. The molecule has 2 aromatic heterocycles. The Morgan fingerprint density at radius 1 is 1.00 bits per heavy atom. The summed E-state index contributed by atoms with van der Waals surface area (Å²) < 4.78 is 12.6. The Bertz CT molecular complexity index is 931. The van der Waals surface area contributed by atoms with E-state index in [0.29, 0.717) is 11.7 Å². The van der Waals surface area contributed by atoms with E-state index in [1.807, 2.05) is 24.4 Å². The first kappa shape index (κ1) is 15.7. The van der Waals surface area contributed by atoms with Crippen LogP contribution in [0.2, 0.25) is 0 Å². The SMILES string of the molecule is COc1ccc(C2CN(c3cc(C)nc4nc(C)nn34)C2)cc1OC. The molecule has 0 aliphatic carbocycles. The summed E-state index contributed by atoms with van der Waals surface area (Å²) in [6.45, 7) is 5.72. The van der Waals surface area contributed by atoms with E-state index in [0.717, 1.165) is 41.9 Å². The molecule has 3 heterocycles. The van der Waals surface area contributed by atoms with E-state index in [1.165, 1.54) is 5.56 Å². The molecule has 0 atom stereocenters. The van der Waals surface area contributed by atoms with Crippen LogP contribution in [0.4, 0.5) is 5.82 Å². The molecule has 0 spiro atoms. The summed E-state index contributed by atoms with van der Waals surface area (Å²) >= 11 is 0. The molecule has 0 N–H and O–H groups in total. The van der Waals surface area contributed by atoms with Gasteiger partial charge < -0.3 is 14.4 Å². The summed E-state index contributed by atoms with van der Waals surface area (Å²) in [6.07, 6.45) is 0. The first-order valence-corrected chi connectivity index (χ1v) is 8.27. The Morgan fingerprint density at radius 2 is 1.76 bits per heavy atom. The Hall–Kier alpha value is -2.83. The molecule has 0 radical (unpaired) electrons. The number of methoxy groups -OCH3 is 2. The quantitative estimate of drug-likeness (QED) is 0.727. The zero-order valence-electron chi connectivity index (χ0n) is 14.9. The molecule has 0 saturated carbocycles. The van der Waals surface area contributed by atoms with Crippen molar-refractivity contribution >= 4 is 11.6 Å². The van der Waals surface area contributed by atoms with Gasteiger partial charge >= 0.3 is 0 Å². The Labute approximate surface area is 146 Å². The highest BCUT2D eigenvalue weighted by atomic mass is 16.5. The maximum atomic E-state index is 5.41. The molecular weight excluding hydrogens is 318 g/mol. The van der Waals surface area contributed by atoms with E-state index in [4.69, 9.17) is 9.47 Å². The smallest absolute Gasteiger partial charge is 0.254 e. The number of ether oxygens (including phenoxy) is 2. The Morgan fingerprint density at radius 3 is 2.48 bits per heavy atom. The summed E-state index contributed by atoms with van der Waals surface area (Å²) in [7, 11) is 3.32. The average molecular weight is 339 g/mol. The van der Waals surface area contributed by atoms with Gasteiger partial charge in [-0.2, -0.15) is 9.50 Å². The van der Waals surface area contributed by atoms with E-state index < -0.39 is 0 Å². The van der Waals surface area contributed by atoms with Gasteiger partial charge in [0.05, 0.1) is 14.2 Å². The van der Waals surface area contributed by atoms with Gasteiger partial charge in [-0.3, -0.25) is 0 Å². The van der Waals surface area contributed by atoms with Gasteiger partial charge in [-0.1, -0.05) is 6.07 Å². The summed E-state index contributed by atoms with van der Waals surface area (Å²) in [4.78, 5) is 11.1. The van der Waals surface area contributed by atoms with Crippen molar-refractivity contribution < 1.29 is 9.47 Å². The lowest BCUT2D eigenvalue weighted by molar-refractivity contribution is 0.353. The summed E-state index contributed by atoms with van der Waals surface area (Å²) in [5.41, 5.74) is 2.20. The third-order valence-electron chi connectivity index (χ3n) is 4.61. The number of anilines is 1. The first-order valence-electron chi connectivity index (χ1n) is 8.27. The van der Waals surface area contributed by atoms with E-state index in [-0.39, 0.29) is 0 Å². The van der Waals surface area contributed by atoms with Crippen LogP contribution in [0.25, 0.3) is 5.78 Å². The van der Waals surface area contributed by atoms with Gasteiger partial charge in [0.2, 0.25) is 0 Å². The van der Waals surface area contributed by atoms with Crippen molar-refractivity contribution in [2.24, 2.45) is 0 Å². The molecule has 4 rings (SSSR count). The van der Waals surface area contributed by atoms with Crippen molar-refractivity contribution in [2.75, 3.05) is 32.2 Å². The number of benzene rings is 1. The second-order valence-corrected chi connectivity index (χ2v) is 6.34. The minimum atomic E-state index is 0.452. The molecule has 7 nitrogen and oxygen atoms in total. The fourth-order valence-corrected chi connectivity index (χ4v) is 3.28. The molecule has 0 unspecified atom stereocenters. The Balaban J connectivity index is 1.58. The molecular formula is C18H21N5O2. The molecule has 1 aliphatic rings. The average Bonchev–Trinajstić information content (AvgIpc) is 2.93. The summed E-state index contributed by atoms with van der Waals surface area (Å²) in [6, 6.07) is 8.20. The third-order valence-corrected chi connectivity index (χ3v) is 4.61. The van der Waals surface area contributed by atoms with Crippen LogP contribution >= 0.6 is 0 Å². The van der Waals surface area contributed by atoms with Crippen LogP contribution < -0.4 is 14.4 Å². The highest BCUT2D eigenvalue weighted by molar-refractivity contribution is 5.52. The fraction of sp³-hybridized carbons (Fsp3) is 0.389. The number of fused-ring (bicyclic) bond motifs is 1. The first-order chi connectivity index (χ1) is 12.1. The molecule has 130 valence electrons. The van der Waals surface area contributed by atoms with Crippen molar-refractivity contribution in [3.8, 4) is 11.5 Å². The maximum Gasteiger partial charge on any atom is 0.254 e. The molecule has 7 heteroatoms. The highest BCUT2D eigenvalue weighted by Gasteiger charge is 2.31. The number of hydrogen-bond donors (Lipinski definition) is 0. The largest absolute Gasteiger partial charge is 0.493 e. The number of hydrogen-bond acceptors (Lipinski definition) is 6. The van der Waals surface area contributed by atoms with Crippen LogP contribution in [0.3, 0.4) is 0 Å². The molecule has 3 aromatic rings.